The predicted octanol–water partition coefficient (Wildman–Crippen LogP) is 2.42. The first-order chi connectivity index (χ1) is 9.29. The number of hydrogen-bond acceptors (Lipinski definition) is 4. The second kappa shape index (κ2) is 6.93. The van der Waals surface area contributed by atoms with Crippen LogP contribution in [0.3, 0.4) is 0 Å². The Bertz CT molecular complexity index is 617. The lowest BCUT2D eigenvalue weighted by molar-refractivity contribution is 0.350. The lowest BCUT2D eigenvalue weighted by Gasteiger charge is -2.04. The van der Waals surface area contributed by atoms with Gasteiger partial charge in [0, 0.05) is 23.2 Å². The molecule has 96 valence electrons. The quantitative estimate of drug-likeness (QED) is 0.528. The average Bonchev–Trinajstić information content (AvgIpc) is 2.44. The van der Waals surface area contributed by atoms with E-state index in [0.717, 1.165) is 27.7 Å². The van der Waals surface area contributed by atoms with Crippen molar-refractivity contribution in [3.8, 4) is 11.8 Å². The zero-order chi connectivity index (χ0) is 13.5. The maximum absolute atomic E-state index is 8.76. The maximum atomic E-state index is 8.76. The lowest BCUT2D eigenvalue weighted by Crippen LogP contribution is -1.91. The molecule has 0 fully saturated rings. The van der Waals surface area contributed by atoms with Gasteiger partial charge in [0.15, 0.2) is 5.16 Å². The van der Waals surface area contributed by atoms with Crippen molar-refractivity contribution in [2.45, 2.75) is 17.8 Å². The molecule has 0 saturated carbocycles. The minimum absolute atomic E-state index is 0.123. The van der Waals surface area contributed by atoms with Crippen LogP contribution in [-0.4, -0.2) is 21.7 Å². The summed E-state index contributed by atoms with van der Waals surface area (Å²) in [6.45, 7) is 1.83. The van der Waals surface area contributed by atoms with E-state index in [9.17, 15) is 0 Å². The van der Waals surface area contributed by atoms with Crippen LogP contribution in [0.25, 0.3) is 0 Å². The first-order valence-electron chi connectivity index (χ1n) is 5.89. The molecule has 0 unspecified atom stereocenters. The van der Waals surface area contributed by atoms with Crippen molar-refractivity contribution in [2.75, 3.05) is 6.61 Å². The van der Waals surface area contributed by atoms with Crippen LogP contribution in [0.2, 0.25) is 0 Å². The van der Waals surface area contributed by atoms with E-state index in [1.165, 1.54) is 0 Å². The Morgan fingerprint density at radius 3 is 2.89 bits per heavy atom. The first-order valence-corrected chi connectivity index (χ1v) is 6.88. The SMILES string of the molecule is Cc1ccnc(SCc2ccccc2C#CCO)n1. The first kappa shape index (κ1) is 13.6. The smallest absolute Gasteiger partial charge is 0.188 e. The van der Waals surface area contributed by atoms with Gasteiger partial charge in [0.1, 0.15) is 6.61 Å². The van der Waals surface area contributed by atoms with Crippen LogP contribution >= 0.6 is 11.8 Å². The molecule has 4 heteroatoms. The number of aliphatic hydroxyl groups excluding tert-OH is 1. The summed E-state index contributed by atoms with van der Waals surface area (Å²) < 4.78 is 0. The van der Waals surface area contributed by atoms with Crippen molar-refractivity contribution in [3.05, 3.63) is 53.3 Å². The topological polar surface area (TPSA) is 46.0 Å². The minimum Gasteiger partial charge on any atom is -0.384 e. The highest BCUT2D eigenvalue weighted by Crippen LogP contribution is 2.21. The van der Waals surface area contributed by atoms with Gasteiger partial charge in [-0.15, -0.1) is 0 Å². The molecule has 0 amide bonds. The monoisotopic (exact) mass is 270 g/mol. The summed E-state index contributed by atoms with van der Waals surface area (Å²) in [4.78, 5) is 8.58. The maximum Gasteiger partial charge on any atom is 0.188 e. The van der Waals surface area contributed by atoms with Gasteiger partial charge in [-0.3, -0.25) is 0 Å². The van der Waals surface area contributed by atoms with Crippen LogP contribution < -0.4 is 0 Å². The van der Waals surface area contributed by atoms with Crippen LogP contribution in [0.15, 0.2) is 41.7 Å². The molecule has 19 heavy (non-hydrogen) atoms. The largest absolute Gasteiger partial charge is 0.384 e. The van der Waals surface area contributed by atoms with Crippen LogP contribution in [0.5, 0.6) is 0 Å². The van der Waals surface area contributed by atoms with Gasteiger partial charge in [0.2, 0.25) is 0 Å². The second-order valence-corrected chi connectivity index (χ2v) is 4.83. The van der Waals surface area contributed by atoms with Crippen LogP contribution in [0, 0.1) is 18.8 Å². The zero-order valence-electron chi connectivity index (χ0n) is 10.6. The Kier molecular flexibility index (Phi) is 4.96. The van der Waals surface area contributed by atoms with Gasteiger partial charge in [-0.2, -0.15) is 0 Å². The van der Waals surface area contributed by atoms with E-state index in [4.69, 9.17) is 5.11 Å². The van der Waals surface area contributed by atoms with Gasteiger partial charge in [0.05, 0.1) is 0 Å². The molecule has 0 aliphatic rings. The molecule has 2 rings (SSSR count). The average molecular weight is 270 g/mol. The molecule has 1 N–H and O–H groups in total. The van der Waals surface area contributed by atoms with E-state index in [1.54, 1.807) is 18.0 Å². The number of rotatable bonds is 3. The molecule has 0 saturated heterocycles. The normalized spacial score (nSPS) is 9.79. The number of aliphatic hydroxyl groups is 1. The Balaban J connectivity index is 2.11. The van der Waals surface area contributed by atoms with Crippen molar-refractivity contribution >= 4 is 11.8 Å². The molecule has 0 aliphatic carbocycles. The highest BCUT2D eigenvalue weighted by atomic mass is 32.2. The Morgan fingerprint density at radius 2 is 2.11 bits per heavy atom. The van der Waals surface area contributed by atoms with Crippen molar-refractivity contribution in [2.24, 2.45) is 0 Å². The van der Waals surface area contributed by atoms with Crippen molar-refractivity contribution < 1.29 is 5.11 Å². The van der Waals surface area contributed by atoms with Crippen LogP contribution in [0.1, 0.15) is 16.8 Å². The van der Waals surface area contributed by atoms with E-state index in [2.05, 4.69) is 21.8 Å². The summed E-state index contributed by atoms with van der Waals surface area (Å²) in [7, 11) is 0. The zero-order valence-corrected chi connectivity index (χ0v) is 11.4. The molecular weight excluding hydrogens is 256 g/mol. The summed E-state index contributed by atoms with van der Waals surface area (Å²) in [6, 6.07) is 9.79. The van der Waals surface area contributed by atoms with Crippen LogP contribution in [-0.2, 0) is 5.75 Å². The highest BCUT2D eigenvalue weighted by Gasteiger charge is 2.02. The van der Waals surface area contributed by atoms with Gasteiger partial charge in [-0.05, 0) is 24.6 Å². The summed E-state index contributed by atoms with van der Waals surface area (Å²) in [6.07, 6.45) is 1.77. The molecule has 2 aromatic rings. The number of aryl methyl sites for hydroxylation is 1. The van der Waals surface area contributed by atoms with Gasteiger partial charge in [-0.25, -0.2) is 9.97 Å². The van der Waals surface area contributed by atoms with Gasteiger partial charge in [0.25, 0.3) is 0 Å². The summed E-state index contributed by atoms with van der Waals surface area (Å²) >= 11 is 1.58. The third kappa shape index (κ3) is 4.09. The third-order valence-electron chi connectivity index (χ3n) is 2.45. The van der Waals surface area contributed by atoms with E-state index in [1.807, 2.05) is 37.3 Å². The highest BCUT2D eigenvalue weighted by molar-refractivity contribution is 7.98. The fraction of sp³-hybridized carbons (Fsp3) is 0.200. The Labute approximate surface area is 117 Å². The predicted molar refractivity (Wildman–Crippen MR) is 76.7 cm³/mol. The molecule has 0 atom stereocenters. The number of nitrogens with zero attached hydrogens (tertiary/aromatic N) is 2. The standard InChI is InChI=1S/C15H14N2OS/c1-12-8-9-16-15(17-12)19-11-14-6-3-2-5-13(14)7-4-10-18/h2-3,5-6,8-9,18H,10-11H2,1H3. The second-order valence-electron chi connectivity index (χ2n) is 3.89. The third-order valence-corrected chi connectivity index (χ3v) is 3.36. The Hall–Kier alpha value is -1.83. The van der Waals surface area contributed by atoms with Crippen LogP contribution in [0.4, 0.5) is 0 Å². The summed E-state index contributed by atoms with van der Waals surface area (Å²) in [5.74, 6) is 6.40. The molecule has 1 heterocycles. The molecule has 1 aromatic carbocycles. The fourth-order valence-corrected chi connectivity index (χ4v) is 2.42. The molecule has 0 radical (unpaired) electrons. The van der Waals surface area contributed by atoms with Crippen molar-refractivity contribution in [1.29, 1.82) is 0 Å². The summed E-state index contributed by atoms with van der Waals surface area (Å²) in [5.41, 5.74) is 3.03. The number of aromatic nitrogens is 2. The van der Waals surface area contributed by atoms with E-state index >= 15 is 0 Å². The molecular formula is C15H14N2OS. The molecule has 0 bridgehead atoms. The number of hydrogen-bond donors (Lipinski definition) is 1. The fourth-order valence-electron chi connectivity index (χ4n) is 1.54. The summed E-state index contributed by atoms with van der Waals surface area (Å²) in [5, 5.41) is 9.53. The molecule has 0 aliphatic heterocycles. The van der Waals surface area contributed by atoms with Gasteiger partial charge >= 0.3 is 0 Å². The number of benzene rings is 1. The van der Waals surface area contributed by atoms with E-state index < -0.39 is 0 Å². The molecule has 3 nitrogen and oxygen atoms in total. The minimum atomic E-state index is -0.123. The number of thioether (sulfide) groups is 1. The molecule has 0 spiro atoms. The van der Waals surface area contributed by atoms with Crippen molar-refractivity contribution in [3.63, 3.8) is 0 Å². The van der Waals surface area contributed by atoms with Gasteiger partial charge in [-0.1, -0.05) is 41.8 Å². The van der Waals surface area contributed by atoms with E-state index in [-0.39, 0.29) is 6.61 Å². The lowest BCUT2D eigenvalue weighted by atomic mass is 10.1. The Morgan fingerprint density at radius 1 is 1.26 bits per heavy atom. The van der Waals surface area contributed by atoms with Crippen molar-refractivity contribution in [1.82, 2.24) is 9.97 Å². The van der Waals surface area contributed by atoms with Gasteiger partial charge < -0.3 is 5.11 Å². The van der Waals surface area contributed by atoms with E-state index in [0.29, 0.717) is 0 Å². The molecule has 1 aromatic heterocycles.